The number of rotatable bonds is 1. The highest BCUT2D eigenvalue weighted by atomic mass is 31.0. The van der Waals surface area contributed by atoms with Crippen molar-refractivity contribution in [3.8, 4) is 0 Å². The lowest BCUT2D eigenvalue weighted by atomic mass is 10.3. The Morgan fingerprint density at radius 2 is 2.00 bits per heavy atom. The average Bonchev–Trinajstić information content (AvgIpc) is 1.90. The maximum Gasteiger partial charge on any atom is -0.0256 e. The van der Waals surface area contributed by atoms with Gasteiger partial charge in [0.25, 0.3) is 0 Å². The molecule has 0 aliphatic heterocycles. The highest BCUT2D eigenvalue weighted by molar-refractivity contribution is 7.28. The molecule has 0 spiro atoms. The van der Waals surface area contributed by atoms with E-state index in [0.29, 0.717) is 0 Å². The molecular formula is C7H7P. The highest BCUT2D eigenvalue weighted by Gasteiger charge is 1.76. The van der Waals surface area contributed by atoms with Gasteiger partial charge in [-0.1, -0.05) is 33.0 Å². The molecule has 0 unspecified atom stereocenters. The SMILES string of the molecule is C=Cc1ccpcc1. The summed E-state index contributed by atoms with van der Waals surface area (Å²) in [7, 11) is 1.27. The van der Waals surface area contributed by atoms with Gasteiger partial charge in [-0.15, -0.1) is 0 Å². The molecule has 0 radical (unpaired) electrons. The smallest absolute Gasteiger partial charge is 0.0256 e. The predicted octanol–water partition coefficient (Wildman–Crippen LogP) is 2.91. The van der Waals surface area contributed by atoms with Gasteiger partial charge in [-0.25, -0.2) is 0 Å². The third kappa shape index (κ3) is 1.18. The summed E-state index contributed by atoms with van der Waals surface area (Å²) < 4.78 is 0. The Kier molecular flexibility index (Phi) is 1.82. The van der Waals surface area contributed by atoms with Crippen molar-refractivity contribution in [1.29, 1.82) is 0 Å². The molecule has 0 amide bonds. The fourth-order valence-electron chi connectivity index (χ4n) is 0.500. The van der Waals surface area contributed by atoms with Gasteiger partial charge in [0.15, 0.2) is 0 Å². The molecule has 1 heteroatoms. The third-order valence-corrected chi connectivity index (χ3v) is 1.58. The quantitative estimate of drug-likeness (QED) is 0.537. The summed E-state index contributed by atoms with van der Waals surface area (Å²) in [5, 5.41) is 0. The van der Waals surface area contributed by atoms with Crippen LogP contribution < -0.4 is 0 Å². The first-order valence-corrected chi connectivity index (χ1v) is 3.49. The molecule has 0 atom stereocenters. The van der Waals surface area contributed by atoms with Gasteiger partial charge < -0.3 is 0 Å². The van der Waals surface area contributed by atoms with E-state index in [1.54, 1.807) is 0 Å². The Morgan fingerprint density at radius 3 is 2.38 bits per heavy atom. The van der Waals surface area contributed by atoms with Crippen LogP contribution in [0, 0.1) is 0 Å². The first-order chi connectivity index (χ1) is 3.93. The van der Waals surface area contributed by atoms with Crippen molar-refractivity contribution in [3.05, 3.63) is 35.9 Å². The largest absolute Gasteiger partial charge is 0.0985 e. The Morgan fingerprint density at radius 1 is 1.38 bits per heavy atom. The Bertz CT molecular complexity index is 167. The standard InChI is InChI=1S/C7H7P/c1-2-7-3-5-8-6-4-7/h2-6H,1H2. The van der Waals surface area contributed by atoms with Crippen LogP contribution in [-0.4, -0.2) is 0 Å². The lowest BCUT2D eigenvalue weighted by Crippen LogP contribution is -1.60. The second kappa shape index (κ2) is 2.64. The van der Waals surface area contributed by atoms with Crippen LogP contribution in [0.15, 0.2) is 30.3 Å². The molecule has 0 saturated heterocycles. The van der Waals surface area contributed by atoms with Gasteiger partial charge in [-0.05, 0) is 17.2 Å². The third-order valence-electron chi connectivity index (χ3n) is 0.942. The Balaban J connectivity index is 2.99. The molecule has 1 rings (SSSR count). The average molecular weight is 122 g/mol. The van der Waals surface area contributed by atoms with Gasteiger partial charge in [-0.3, -0.25) is 0 Å². The second-order valence-corrected chi connectivity index (χ2v) is 2.38. The molecule has 40 valence electrons. The van der Waals surface area contributed by atoms with Gasteiger partial charge in [0.1, 0.15) is 0 Å². The number of hydrogen-bond donors (Lipinski definition) is 0. The summed E-state index contributed by atoms with van der Waals surface area (Å²) in [5.41, 5.74) is 1.20. The predicted molar refractivity (Wildman–Crippen MR) is 39.0 cm³/mol. The summed E-state index contributed by atoms with van der Waals surface area (Å²) in [6.07, 6.45) is 1.85. The van der Waals surface area contributed by atoms with E-state index in [2.05, 4.69) is 30.3 Å². The minimum atomic E-state index is 1.20. The molecule has 0 aliphatic rings. The topological polar surface area (TPSA) is 0 Å². The molecular weight excluding hydrogens is 115 g/mol. The van der Waals surface area contributed by atoms with E-state index in [1.807, 2.05) is 6.08 Å². The fraction of sp³-hybridized carbons (Fsp3) is 0. The molecule has 0 fully saturated rings. The van der Waals surface area contributed by atoms with Crippen LogP contribution in [0.2, 0.25) is 0 Å². The lowest BCUT2D eigenvalue weighted by Gasteiger charge is -1.84. The first-order valence-electron chi connectivity index (χ1n) is 2.46. The van der Waals surface area contributed by atoms with Crippen molar-refractivity contribution in [2.24, 2.45) is 0 Å². The van der Waals surface area contributed by atoms with Crippen LogP contribution in [0.25, 0.3) is 6.08 Å². The van der Waals surface area contributed by atoms with E-state index >= 15 is 0 Å². The van der Waals surface area contributed by atoms with E-state index in [-0.39, 0.29) is 0 Å². The maximum atomic E-state index is 3.64. The highest BCUT2D eigenvalue weighted by Crippen LogP contribution is 2.06. The van der Waals surface area contributed by atoms with Gasteiger partial charge in [0.05, 0.1) is 0 Å². The van der Waals surface area contributed by atoms with Crippen molar-refractivity contribution >= 4 is 14.3 Å². The molecule has 1 aromatic rings. The zero-order chi connectivity index (χ0) is 5.82. The molecule has 0 aromatic carbocycles. The van der Waals surface area contributed by atoms with Crippen LogP contribution in [-0.2, 0) is 0 Å². The van der Waals surface area contributed by atoms with Crippen molar-refractivity contribution < 1.29 is 0 Å². The minimum absolute atomic E-state index is 1.20. The minimum Gasteiger partial charge on any atom is -0.0985 e. The Hall–Kier alpha value is -0.610. The van der Waals surface area contributed by atoms with Crippen molar-refractivity contribution in [3.63, 3.8) is 0 Å². The normalized spacial score (nSPS) is 8.50. The van der Waals surface area contributed by atoms with Crippen molar-refractivity contribution in [1.82, 2.24) is 0 Å². The fourth-order valence-corrected chi connectivity index (χ4v) is 1.12. The molecule has 1 heterocycles. The Labute approximate surface area is 51.0 Å². The summed E-state index contributed by atoms with van der Waals surface area (Å²) in [6, 6.07) is 4.13. The maximum absolute atomic E-state index is 3.64. The van der Waals surface area contributed by atoms with E-state index in [9.17, 15) is 0 Å². The first kappa shape index (κ1) is 5.53. The van der Waals surface area contributed by atoms with Crippen LogP contribution >= 0.6 is 8.19 Å². The van der Waals surface area contributed by atoms with Crippen molar-refractivity contribution in [2.45, 2.75) is 0 Å². The van der Waals surface area contributed by atoms with Crippen LogP contribution in [0.3, 0.4) is 0 Å². The lowest BCUT2D eigenvalue weighted by molar-refractivity contribution is 1.79. The summed E-state index contributed by atoms with van der Waals surface area (Å²) >= 11 is 0. The van der Waals surface area contributed by atoms with E-state index in [4.69, 9.17) is 0 Å². The summed E-state index contributed by atoms with van der Waals surface area (Å²) in [4.78, 5) is 0. The van der Waals surface area contributed by atoms with E-state index in [1.165, 1.54) is 13.8 Å². The molecule has 0 N–H and O–H groups in total. The van der Waals surface area contributed by atoms with Crippen LogP contribution in [0.5, 0.6) is 0 Å². The summed E-state index contributed by atoms with van der Waals surface area (Å²) in [6.45, 7) is 3.64. The molecule has 0 bridgehead atoms. The molecule has 1 aromatic heterocycles. The van der Waals surface area contributed by atoms with Gasteiger partial charge in [-0.2, -0.15) is 0 Å². The molecule has 8 heavy (non-hydrogen) atoms. The molecule has 0 saturated carbocycles. The number of hydrogen-bond acceptors (Lipinski definition) is 0. The zero-order valence-corrected chi connectivity index (χ0v) is 5.44. The monoisotopic (exact) mass is 122 g/mol. The second-order valence-electron chi connectivity index (χ2n) is 1.48. The van der Waals surface area contributed by atoms with Crippen molar-refractivity contribution in [2.75, 3.05) is 0 Å². The van der Waals surface area contributed by atoms with Gasteiger partial charge >= 0.3 is 0 Å². The van der Waals surface area contributed by atoms with Gasteiger partial charge in [0.2, 0.25) is 0 Å². The van der Waals surface area contributed by atoms with E-state index < -0.39 is 0 Å². The summed E-state index contributed by atoms with van der Waals surface area (Å²) in [5.74, 6) is 4.19. The molecule has 0 nitrogen and oxygen atoms in total. The van der Waals surface area contributed by atoms with E-state index in [0.717, 1.165) is 0 Å². The van der Waals surface area contributed by atoms with Crippen LogP contribution in [0.1, 0.15) is 5.56 Å². The zero-order valence-electron chi connectivity index (χ0n) is 4.54. The molecule has 0 aliphatic carbocycles. The van der Waals surface area contributed by atoms with Gasteiger partial charge in [0, 0.05) is 0 Å². The van der Waals surface area contributed by atoms with Crippen LogP contribution in [0.4, 0.5) is 0 Å².